The summed E-state index contributed by atoms with van der Waals surface area (Å²) in [6, 6.07) is 10.4. The number of rotatable bonds is 3. The topological polar surface area (TPSA) is 69.9 Å². The highest BCUT2D eigenvalue weighted by atomic mass is 16.2. The molecule has 0 aliphatic rings. The Kier molecular flexibility index (Phi) is 3.84. The number of aromatic nitrogens is 2. The van der Waals surface area contributed by atoms with Crippen molar-refractivity contribution in [1.82, 2.24) is 14.9 Å². The van der Waals surface area contributed by atoms with Gasteiger partial charge in [-0.05, 0) is 29.8 Å². The molecule has 0 saturated heterocycles. The molecule has 2 aromatic rings. The number of carbonyl (C=O) groups excluding carboxylic acids is 1. The van der Waals surface area contributed by atoms with Crippen LogP contribution in [0.4, 0.5) is 0 Å². The molecule has 0 spiro atoms. The molecule has 19 heavy (non-hydrogen) atoms. The molecule has 0 fully saturated rings. The van der Waals surface area contributed by atoms with Crippen molar-refractivity contribution >= 4 is 5.91 Å². The van der Waals surface area contributed by atoms with E-state index in [2.05, 4.69) is 9.97 Å². The molecule has 94 valence electrons. The molecule has 0 saturated carbocycles. The largest absolute Gasteiger partial charge is 0.336 e. The highest BCUT2D eigenvalue weighted by Gasteiger charge is 2.13. The van der Waals surface area contributed by atoms with E-state index in [1.807, 2.05) is 18.2 Å². The summed E-state index contributed by atoms with van der Waals surface area (Å²) in [5, 5.41) is 8.77. The Bertz CT molecular complexity index is 619. The van der Waals surface area contributed by atoms with Crippen LogP contribution in [-0.4, -0.2) is 27.8 Å². The van der Waals surface area contributed by atoms with Gasteiger partial charge in [-0.25, -0.2) is 4.98 Å². The Labute approximate surface area is 111 Å². The number of carbonyl (C=O) groups is 1. The molecule has 2 aromatic heterocycles. The van der Waals surface area contributed by atoms with Crippen LogP contribution in [-0.2, 0) is 6.54 Å². The monoisotopic (exact) mass is 252 g/mol. The lowest BCUT2D eigenvalue weighted by Crippen LogP contribution is -2.27. The second-order valence-electron chi connectivity index (χ2n) is 4.04. The van der Waals surface area contributed by atoms with Gasteiger partial charge in [-0.2, -0.15) is 5.26 Å². The molecule has 0 aromatic carbocycles. The number of pyridine rings is 2. The number of hydrogen-bond acceptors (Lipinski definition) is 4. The Morgan fingerprint density at radius 2 is 2.05 bits per heavy atom. The summed E-state index contributed by atoms with van der Waals surface area (Å²) in [5.41, 5.74) is 1.50. The fourth-order valence-corrected chi connectivity index (χ4v) is 1.65. The van der Waals surface area contributed by atoms with E-state index in [1.165, 1.54) is 0 Å². The average Bonchev–Trinajstić information content (AvgIpc) is 2.47. The lowest BCUT2D eigenvalue weighted by atomic mass is 10.2. The predicted octanol–water partition coefficient (Wildman–Crippen LogP) is 1.62. The van der Waals surface area contributed by atoms with Crippen molar-refractivity contribution in [3.63, 3.8) is 0 Å². The maximum absolute atomic E-state index is 12.2. The number of amides is 1. The maximum Gasteiger partial charge on any atom is 0.272 e. The van der Waals surface area contributed by atoms with Crippen LogP contribution in [0.25, 0.3) is 0 Å². The fraction of sp³-hybridized carbons (Fsp3) is 0.143. The average molecular weight is 252 g/mol. The van der Waals surface area contributed by atoms with Crippen LogP contribution in [0, 0.1) is 11.3 Å². The molecule has 0 aliphatic heterocycles. The molecule has 5 nitrogen and oxygen atoms in total. The second kappa shape index (κ2) is 5.74. The Morgan fingerprint density at radius 3 is 2.74 bits per heavy atom. The summed E-state index contributed by atoms with van der Waals surface area (Å²) in [6.07, 6.45) is 3.37. The van der Waals surface area contributed by atoms with E-state index in [0.717, 1.165) is 5.56 Å². The van der Waals surface area contributed by atoms with Crippen LogP contribution in [0.1, 0.15) is 21.7 Å². The van der Waals surface area contributed by atoms with E-state index in [1.54, 1.807) is 42.5 Å². The van der Waals surface area contributed by atoms with Gasteiger partial charge in [0.05, 0.1) is 0 Å². The molecular weight excluding hydrogens is 240 g/mol. The summed E-state index contributed by atoms with van der Waals surface area (Å²) in [5.74, 6) is -0.214. The molecule has 0 unspecified atom stereocenters. The van der Waals surface area contributed by atoms with Crippen LogP contribution in [0.15, 0.2) is 42.7 Å². The predicted molar refractivity (Wildman–Crippen MR) is 69.0 cm³/mol. The molecule has 0 atom stereocenters. The van der Waals surface area contributed by atoms with E-state index in [-0.39, 0.29) is 17.3 Å². The van der Waals surface area contributed by atoms with Crippen molar-refractivity contribution in [2.45, 2.75) is 6.54 Å². The normalized spacial score (nSPS) is 9.68. The fourth-order valence-electron chi connectivity index (χ4n) is 1.65. The van der Waals surface area contributed by atoms with E-state index >= 15 is 0 Å². The van der Waals surface area contributed by atoms with Gasteiger partial charge in [-0.15, -0.1) is 0 Å². The zero-order valence-corrected chi connectivity index (χ0v) is 10.4. The Hall–Kier alpha value is -2.74. The Balaban J connectivity index is 2.13. The van der Waals surface area contributed by atoms with E-state index in [9.17, 15) is 4.79 Å². The Morgan fingerprint density at radius 1 is 1.32 bits per heavy atom. The lowest BCUT2D eigenvalue weighted by molar-refractivity contribution is 0.0779. The molecule has 0 N–H and O–H groups in total. The van der Waals surface area contributed by atoms with Gasteiger partial charge in [0.25, 0.3) is 5.91 Å². The van der Waals surface area contributed by atoms with Crippen molar-refractivity contribution in [3.05, 3.63) is 59.7 Å². The SMILES string of the molecule is CN(Cc1ccncc1)C(=O)c1cccc(C#N)n1. The van der Waals surface area contributed by atoms with Crippen LogP contribution >= 0.6 is 0 Å². The molecule has 1 amide bonds. The maximum atomic E-state index is 12.2. The van der Waals surface area contributed by atoms with Gasteiger partial charge in [0.15, 0.2) is 0 Å². The van der Waals surface area contributed by atoms with Gasteiger partial charge >= 0.3 is 0 Å². The molecule has 0 radical (unpaired) electrons. The first-order valence-corrected chi connectivity index (χ1v) is 5.72. The van der Waals surface area contributed by atoms with Crippen LogP contribution < -0.4 is 0 Å². The van der Waals surface area contributed by atoms with Crippen LogP contribution in [0.5, 0.6) is 0 Å². The summed E-state index contributed by atoms with van der Waals surface area (Å²) < 4.78 is 0. The first-order chi connectivity index (χ1) is 9.20. The van der Waals surface area contributed by atoms with Gasteiger partial charge in [0.2, 0.25) is 0 Å². The van der Waals surface area contributed by atoms with Crippen molar-refractivity contribution < 1.29 is 4.79 Å². The van der Waals surface area contributed by atoms with Gasteiger partial charge in [-0.3, -0.25) is 9.78 Å². The summed E-state index contributed by atoms with van der Waals surface area (Å²) >= 11 is 0. The molecular formula is C14H12N4O. The molecule has 2 rings (SSSR count). The highest BCUT2D eigenvalue weighted by Crippen LogP contribution is 2.06. The van der Waals surface area contributed by atoms with Crippen molar-refractivity contribution in [1.29, 1.82) is 5.26 Å². The minimum Gasteiger partial charge on any atom is -0.336 e. The molecule has 0 bridgehead atoms. The number of nitrogens with zero attached hydrogens (tertiary/aromatic N) is 4. The minimum atomic E-state index is -0.214. The quantitative estimate of drug-likeness (QED) is 0.832. The van der Waals surface area contributed by atoms with E-state index in [4.69, 9.17) is 5.26 Å². The third kappa shape index (κ3) is 3.13. The number of nitriles is 1. The second-order valence-corrected chi connectivity index (χ2v) is 4.04. The van der Waals surface area contributed by atoms with Crippen LogP contribution in [0.3, 0.4) is 0 Å². The summed E-state index contributed by atoms with van der Waals surface area (Å²) in [4.78, 5) is 21.6. The van der Waals surface area contributed by atoms with E-state index < -0.39 is 0 Å². The standard InChI is InChI=1S/C14H12N4O/c1-18(10-11-5-7-16-8-6-11)14(19)13-4-2-3-12(9-15)17-13/h2-8H,10H2,1H3. The van der Waals surface area contributed by atoms with E-state index in [0.29, 0.717) is 6.54 Å². The molecule has 0 aliphatic carbocycles. The van der Waals surface area contributed by atoms with Gasteiger partial charge < -0.3 is 4.90 Å². The third-order valence-corrected chi connectivity index (χ3v) is 2.60. The van der Waals surface area contributed by atoms with Crippen molar-refractivity contribution in [2.24, 2.45) is 0 Å². The van der Waals surface area contributed by atoms with Gasteiger partial charge in [0, 0.05) is 26.0 Å². The number of hydrogen-bond donors (Lipinski definition) is 0. The van der Waals surface area contributed by atoms with Gasteiger partial charge in [0.1, 0.15) is 17.5 Å². The zero-order chi connectivity index (χ0) is 13.7. The molecule has 5 heteroatoms. The minimum absolute atomic E-state index is 0.214. The smallest absolute Gasteiger partial charge is 0.272 e. The zero-order valence-electron chi connectivity index (χ0n) is 10.4. The first kappa shape index (κ1) is 12.7. The highest BCUT2D eigenvalue weighted by molar-refractivity contribution is 5.92. The lowest BCUT2D eigenvalue weighted by Gasteiger charge is -2.16. The van der Waals surface area contributed by atoms with Crippen molar-refractivity contribution in [2.75, 3.05) is 7.05 Å². The summed E-state index contributed by atoms with van der Waals surface area (Å²) in [6.45, 7) is 0.472. The van der Waals surface area contributed by atoms with Gasteiger partial charge in [-0.1, -0.05) is 6.07 Å². The van der Waals surface area contributed by atoms with Crippen LogP contribution in [0.2, 0.25) is 0 Å². The first-order valence-electron chi connectivity index (χ1n) is 5.72. The third-order valence-electron chi connectivity index (χ3n) is 2.60. The molecule has 2 heterocycles. The van der Waals surface area contributed by atoms with Crippen molar-refractivity contribution in [3.8, 4) is 6.07 Å². The summed E-state index contributed by atoms with van der Waals surface area (Å²) in [7, 11) is 1.70.